The maximum atomic E-state index is 13.8. The Hall–Kier alpha value is -2.58. The van der Waals surface area contributed by atoms with E-state index in [1.165, 1.54) is 30.6 Å². The summed E-state index contributed by atoms with van der Waals surface area (Å²) in [5.41, 5.74) is 0.817. The summed E-state index contributed by atoms with van der Waals surface area (Å²) >= 11 is 1.21. The lowest BCUT2D eigenvalue weighted by Gasteiger charge is -2.06. The number of nitrogens with zero attached hydrogens (tertiary/aromatic N) is 2. The smallest absolute Gasteiger partial charge is 0.266 e. The van der Waals surface area contributed by atoms with Crippen molar-refractivity contribution < 1.29 is 18.7 Å². The Morgan fingerprint density at radius 3 is 2.72 bits per heavy atom. The van der Waals surface area contributed by atoms with Gasteiger partial charge in [-0.25, -0.2) is 9.37 Å². The van der Waals surface area contributed by atoms with Gasteiger partial charge >= 0.3 is 0 Å². The maximum Gasteiger partial charge on any atom is 0.266 e. The van der Waals surface area contributed by atoms with Gasteiger partial charge in [0.2, 0.25) is 5.88 Å². The predicted molar refractivity (Wildman–Crippen MR) is 93.8 cm³/mol. The van der Waals surface area contributed by atoms with Crippen LogP contribution in [-0.2, 0) is 11.3 Å². The second-order valence-corrected chi connectivity index (χ2v) is 6.25. The number of thiophene rings is 1. The van der Waals surface area contributed by atoms with Crippen LogP contribution in [0.25, 0.3) is 10.2 Å². The maximum absolute atomic E-state index is 13.8. The predicted octanol–water partition coefficient (Wildman–Crippen LogP) is 3.55. The molecule has 1 amide bonds. The highest BCUT2D eigenvalue weighted by atomic mass is 32.1. The molecule has 8 heteroatoms. The van der Waals surface area contributed by atoms with Crippen LogP contribution in [0.1, 0.15) is 21.1 Å². The molecular weight excluding hydrogens is 345 g/mol. The van der Waals surface area contributed by atoms with Crippen molar-refractivity contribution in [1.82, 2.24) is 9.97 Å². The van der Waals surface area contributed by atoms with Crippen LogP contribution in [0.2, 0.25) is 0 Å². The lowest BCUT2D eigenvalue weighted by molar-refractivity contribution is 0.102. The summed E-state index contributed by atoms with van der Waals surface area (Å²) in [6, 6.07) is 6.02. The Morgan fingerprint density at radius 1 is 1.28 bits per heavy atom. The molecule has 2 aromatic heterocycles. The minimum absolute atomic E-state index is 0.127. The molecule has 0 aliphatic rings. The van der Waals surface area contributed by atoms with Gasteiger partial charge in [0.1, 0.15) is 17.3 Å². The zero-order valence-corrected chi connectivity index (χ0v) is 14.7. The van der Waals surface area contributed by atoms with Gasteiger partial charge in [-0.15, -0.1) is 11.3 Å². The fourth-order valence-corrected chi connectivity index (χ4v) is 3.53. The molecule has 0 bridgehead atoms. The second kappa shape index (κ2) is 7.12. The molecule has 0 aliphatic heterocycles. The van der Waals surface area contributed by atoms with E-state index in [1.54, 1.807) is 26.2 Å². The average Bonchev–Trinajstić information content (AvgIpc) is 2.93. The minimum atomic E-state index is -0.491. The van der Waals surface area contributed by atoms with Gasteiger partial charge < -0.3 is 14.8 Å². The van der Waals surface area contributed by atoms with E-state index in [4.69, 9.17) is 9.47 Å². The van der Waals surface area contributed by atoms with Crippen LogP contribution in [0.5, 0.6) is 5.88 Å². The number of aromatic nitrogens is 2. The standard InChI is InChI=1S/C17H16FN3O3S/c1-9-13-16(24-3)20-12(8-23-2)21-17(13)25-14(9)15(22)19-11-7-5-4-6-10(11)18/h4-7H,8H2,1-3H3,(H,19,22). The zero-order chi connectivity index (χ0) is 18.0. The SMILES string of the molecule is COCc1nc(OC)c2c(C)c(C(=O)Nc3ccccc3F)sc2n1. The van der Waals surface area contributed by atoms with Crippen LogP contribution in [0.15, 0.2) is 24.3 Å². The van der Waals surface area contributed by atoms with Gasteiger partial charge in [-0.2, -0.15) is 4.98 Å². The molecule has 0 radical (unpaired) electrons. The molecule has 0 aliphatic carbocycles. The zero-order valence-electron chi connectivity index (χ0n) is 13.9. The monoisotopic (exact) mass is 361 g/mol. The van der Waals surface area contributed by atoms with Gasteiger partial charge in [-0.3, -0.25) is 4.79 Å². The van der Waals surface area contributed by atoms with Crippen molar-refractivity contribution in [3.05, 3.63) is 46.3 Å². The largest absolute Gasteiger partial charge is 0.480 e. The Balaban J connectivity index is 2.03. The number of benzene rings is 1. The number of anilines is 1. The van der Waals surface area contributed by atoms with Crippen molar-refractivity contribution in [3.8, 4) is 5.88 Å². The number of rotatable bonds is 5. The Kier molecular flexibility index (Phi) is 4.91. The van der Waals surface area contributed by atoms with Crippen LogP contribution < -0.4 is 10.1 Å². The van der Waals surface area contributed by atoms with Crippen LogP contribution >= 0.6 is 11.3 Å². The molecule has 25 heavy (non-hydrogen) atoms. The number of ether oxygens (including phenoxy) is 2. The van der Waals surface area contributed by atoms with Gasteiger partial charge in [0.05, 0.1) is 23.1 Å². The molecular formula is C17H16FN3O3S. The van der Waals surface area contributed by atoms with E-state index in [-0.39, 0.29) is 12.3 Å². The normalized spacial score (nSPS) is 10.9. The van der Waals surface area contributed by atoms with Gasteiger partial charge in [-0.05, 0) is 24.6 Å². The van der Waals surface area contributed by atoms with E-state index < -0.39 is 11.7 Å². The van der Waals surface area contributed by atoms with E-state index in [9.17, 15) is 9.18 Å². The number of nitrogens with one attached hydrogen (secondary N) is 1. The number of hydrogen-bond donors (Lipinski definition) is 1. The van der Waals surface area contributed by atoms with Crippen molar-refractivity contribution >= 4 is 33.1 Å². The van der Waals surface area contributed by atoms with Gasteiger partial charge in [0.15, 0.2) is 5.82 Å². The van der Waals surface area contributed by atoms with Crippen LogP contribution in [0, 0.1) is 12.7 Å². The molecule has 2 heterocycles. The van der Waals surface area contributed by atoms with Crippen LogP contribution in [0.3, 0.4) is 0 Å². The molecule has 1 aromatic carbocycles. The highest BCUT2D eigenvalue weighted by Gasteiger charge is 2.21. The summed E-state index contributed by atoms with van der Waals surface area (Å²) < 4.78 is 24.1. The minimum Gasteiger partial charge on any atom is -0.480 e. The van der Waals surface area contributed by atoms with E-state index >= 15 is 0 Å². The van der Waals surface area contributed by atoms with Crippen molar-refractivity contribution in [2.75, 3.05) is 19.5 Å². The summed E-state index contributed by atoms with van der Waals surface area (Å²) in [6.07, 6.45) is 0. The topological polar surface area (TPSA) is 73.3 Å². The third-order valence-electron chi connectivity index (χ3n) is 3.60. The van der Waals surface area contributed by atoms with Crippen molar-refractivity contribution in [2.45, 2.75) is 13.5 Å². The third-order valence-corrected chi connectivity index (χ3v) is 4.78. The highest BCUT2D eigenvalue weighted by molar-refractivity contribution is 7.20. The summed E-state index contributed by atoms with van der Waals surface area (Å²) in [5, 5.41) is 3.26. The Labute approximate surface area is 147 Å². The second-order valence-electron chi connectivity index (χ2n) is 5.25. The summed E-state index contributed by atoms with van der Waals surface area (Å²) in [6.45, 7) is 2.02. The molecule has 0 unspecified atom stereocenters. The van der Waals surface area contributed by atoms with Crippen molar-refractivity contribution in [1.29, 1.82) is 0 Å². The average molecular weight is 361 g/mol. The van der Waals surface area contributed by atoms with E-state index in [2.05, 4.69) is 15.3 Å². The van der Waals surface area contributed by atoms with Crippen molar-refractivity contribution in [2.24, 2.45) is 0 Å². The third kappa shape index (κ3) is 3.31. The molecule has 1 N–H and O–H groups in total. The fourth-order valence-electron chi connectivity index (χ4n) is 2.44. The number of hydrogen-bond acceptors (Lipinski definition) is 6. The molecule has 6 nitrogen and oxygen atoms in total. The number of carbonyl (C=O) groups is 1. The number of amides is 1. The first-order valence-electron chi connectivity index (χ1n) is 7.44. The van der Waals surface area contributed by atoms with Crippen LogP contribution in [-0.4, -0.2) is 30.1 Å². The first-order chi connectivity index (χ1) is 12.0. The number of methoxy groups -OCH3 is 2. The van der Waals surface area contributed by atoms with Crippen molar-refractivity contribution in [3.63, 3.8) is 0 Å². The van der Waals surface area contributed by atoms with E-state index in [0.29, 0.717) is 32.4 Å². The molecule has 3 aromatic rings. The molecule has 0 saturated heterocycles. The highest BCUT2D eigenvalue weighted by Crippen LogP contribution is 2.35. The molecule has 0 fully saturated rings. The molecule has 0 saturated carbocycles. The first kappa shape index (κ1) is 17.2. The lowest BCUT2D eigenvalue weighted by atomic mass is 10.2. The number of para-hydroxylation sites is 1. The van der Waals surface area contributed by atoms with Gasteiger partial charge in [0, 0.05) is 7.11 Å². The van der Waals surface area contributed by atoms with Crippen LogP contribution in [0.4, 0.5) is 10.1 Å². The lowest BCUT2D eigenvalue weighted by Crippen LogP contribution is -2.12. The fraction of sp³-hybridized carbons (Fsp3) is 0.235. The number of fused-ring (bicyclic) bond motifs is 1. The Bertz CT molecular complexity index is 942. The number of halogens is 1. The molecule has 0 atom stereocenters. The van der Waals surface area contributed by atoms with E-state index in [1.807, 2.05) is 0 Å². The molecule has 0 spiro atoms. The summed E-state index contributed by atoms with van der Waals surface area (Å²) in [4.78, 5) is 22.3. The molecule has 3 rings (SSSR count). The summed E-state index contributed by atoms with van der Waals surface area (Å²) in [5.74, 6) is -0.0415. The Morgan fingerprint density at radius 2 is 2.04 bits per heavy atom. The summed E-state index contributed by atoms with van der Waals surface area (Å²) in [7, 11) is 3.06. The van der Waals surface area contributed by atoms with Gasteiger partial charge in [-0.1, -0.05) is 12.1 Å². The molecule has 130 valence electrons. The first-order valence-corrected chi connectivity index (χ1v) is 8.25. The van der Waals surface area contributed by atoms with E-state index in [0.717, 1.165) is 0 Å². The van der Waals surface area contributed by atoms with Gasteiger partial charge in [0.25, 0.3) is 5.91 Å². The number of carbonyl (C=O) groups excluding carboxylic acids is 1. The quantitative estimate of drug-likeness (QED) is 0.752. The number of aryl methyl sites for hydroxylation is 1.